The highest BCUT2D eigenvalue weighted by Crippen LogP contribution is 1.96. The van der Waals surface area contributed by atoms with Gasteiger partial charge in [0.25, 0.3) is 0 Å². The zero-order valence-electron chi connectivity index (χ0n) is 11.4. The van der Waals surface area contributed by atoms with Crippen LogP contribution in [0.2, 0.25) is 0 Å². The van der Waals surface area contributed by atoms with Gasteiger partial charge in [0.15, 0.2) is 5.96 Å². The normalized spacial score (nSPS) is 11.3. The van der Waals surface area contributed by atoms with Crippen molar-refractivity contribution in [2.75, 3.05) is 13.1 Å². The molecule has 0 fully saturated rings. The van der Waals surface area contributed by atoms with Crippen LogP contribution in [0.25, 0.3) is 0 Å². The van der Waals surface area contributed by atoms with E-state index >= 15 is 0 Å². The maximum atomic E-state index is 5.80. The number of rotatable bonds is 6. The average molecular weight is 269 g/mol. The molecule has 104 valence electrons. The molecule has 20 heavy (non-hydrogen) atoms. The minimum atomic E-state index is 0.477. The number of aliphatic imine (C=N–C) groups is 1. The van der Waals surface area contributed by atoms with Crippen LogP contribution in [0, 0.1) is 0 Å². The predicted octanol–water partition coefficient (Wildman–Crippen LogP) is 1.17. The van der Waals surface area contributed by atoms with Gasteiger partial charge in [-0.25, -0.2) is 0 Å². The van der Waals surface area contributed by atoms with Crippen molar-refractivity contribution in [3.63, 3.8) is 0 Å². The highest BCUT2D eigenvalue weighted by Gasteiger charge is 1.95. The number of pyridine rings is 2. The molecule has 0 aliphatic carbocycles. The third-order valence-corrected chi connectivity index (χ3v) is 2.82. The average Bonchev–Trinajstić information content (AvgIpc) is 2.49. The van der Waals surface area contributed by atoms with Gasteiger partial charge >= 0.3 is 0 Å². The Balaban J connectivity index is 1.67. The van der Waals surface area contributed by atoms with Crippen LogP contribution in [0.15, 0.2) is 53.9 Å². The van der Waals surface area contributed by atoms with E-state index in [1.54, 1.807) is 12.4 Å². The number of nitrogens with one attached hydrogen (secondary N) is 1. The quantitative estimate of drug-likeness (QED) is 0.609. The molecule has 0 amide bonds. The lowest BCUT2D eigenvalue weighted by atomic mass is 10.2. The van der Waals surface area contributed by atoms with Crippen LogP contribution < -0.4 is 11.1 Å². The summed E-state index contributed by atoms with van der Waals surface area (Å²) in [6.45, 7) is 1.40. The SMILES string of the molecule is NC(=NCCc1ccccn1)NCCc1cccnc1. The van der Waals surface area contributed by atoms with Crippen LogP contribution in [0.3, 0.4) is 0 Å². The van der Waals surface area contributed by atoms with Crippen molar-refractivity contribution in [1.29, 1.82) is 0 Å². The van der Waals surface area contributed by atoms with E-state index in [1.807, 2.05) is 36.5 Å². The standard InChI is InChI=1S/C15H19N5/c16-15(19-10-6-13-4-3-8-17-12-13)20-11-7-14-5-1-2-9-18-14/h1-5,8-9,12H,6-7,10-11H2,(H3,16,19,20). The molecular weight excluding hydrogens is 250 g/mol. The smallest absolute Gasteiger partial charge is 0.188 e. The fourth-order valence-electron chi connectivity index (χ4n) is 1.77. The summed E-state index contributed by atoms with van der Waals surface area (Å²) in [6, 6.07) is 9.84. The maximum Gasteiger partial charge on any atom is 0.188 e. The first-order valence-electron chi connectivity index (χ1n) is 6.67. The van der Waals surface area contributed by atoms with Crippen molar-refractivity contribution in [3.8, 4) is 0 Å². The Bertz CT molecular complexity index is 524. The van der Waals surface area contributed by atoms with Crippen molar-refractivity contribution in [2.45, 2.75) is 12.8 Å². The number of hydrogen-bond donors (Lipinski definition) is 2. The number of nitrogens with two attached hydrogens (primary N) is 1. The molecule has 0 bridgehead atoms. The largest absolute Gasteiger partial charge is 0.370 e. The summed E-state index contributed by atoms with van der Waals surface area (Å²) in [5, 5.41) is 3.10. The van der Waals surface area contributed by atoms with Crippen LogP contribution >= 0.6 is 0 Å². The minimum Gasteiger partial charge on any atom is -0.370 e. The molecule has 0 radical (unpaired) electrons. The Morgan fingerprint density at radius 2 is 2.10 bits per heavy atom. The molecule has 0 spiro atoms. The Morgan fingerprint density at radius 3 is 2.85 bits per heavy atom. The van der Waals surface area contributed by atoms with Crippen LogP contribution in [0.5, 0.6) is 0 Å². The molecule has 3 N–H and O–H groups in total. The Kier molecular flexibility index (Phi) is 5.52. The fraction of sp³-hybridized carbons (Fsp3) is 0.267. The zero-order chi connectivity index (χ0) is 14.0. The molecule has 2 rings (SSSR count). The Morgan fingerprint density at radius 1 is 1.15 bits per heavy atom. The predicted molar refractivity (Wildman–Crippen MR) is 80.4 cm³/mol. The maximum absolute atomic E-state index is 5.80. The topological polar surface area (TPSA) is 76.2 Å². The van der Waals surface area contributed by atoms with Gasteiger partial charge in [0, 0.05) is 43.8 Å². The molecule has 0 saturated heterocycles. The summed E-state index contributed by atoms with van der Waals surface area (Å²) in [5.41, 5.74) is 8.01. The highest BCUT2D eigenvalue weighted by atomic mass is 15.1. The number of aromatic nitrogens is 2. The number of hydrogen-bond acceptors (Lipinski definition) is 3. The molecule has 2 aromatic heterocycles. The second kappa shape index (κ2) is 7.89. The third-order valence-electron chi connectivity index (χ3n) is 2.82. The van der Waals surface area contributed by atoms with Crippen molar-refractivity contribution in [3.05, 3.63) is 60.2 Å². The molecule has 0 atom stereocenters. The van der Waals surface area contributed by atoms with Gasteiger partial charge in [-0.3, -0.25) is 15.0 Å². The van der Waals surface area contributed by atoms with Crippen molar-refractivity contribution in [2.24, 2.45) is 10.7 Å². The Hall–Kier alpha value is -2.43. The van der Waals surface area contributed by atoms with Gasteiger partial charge in [0.2, 0.25) is 0 Å². The molecule has 5 nitrogen and oxygen atoms in total. The van der Waals surface area contributed by atoms with Gasteiger partial charge < -0.3 is 11.1 Å². The second-order valence-electron chi connectivity index (χ2n) is 4.38. The van der Waals surface area contributed by atoms with Gasteiger partial charge in [-0.15, -0.1) is 0 Å². The van der Waals surface area contributed by atoms with Gasteiger partial charge in [-0.1, -0.05) is 12.1 Å². The van der Waals surface area contributed by atoms with E-state index in [9.17, 15) is 0 Å². The summed E-state index contributed by atoms with van der Waals surface area (Å²) < 4.78 is 0. The monoisotopic (exact) mass is 269 g/mol. The summed E-state index contributed by atoms with van der Waals surface area (Å²) in [6.07, 6.45) is 7.09. The molecule has 0 saturated carbocycles. The molecule has 0 aliphatic heterocycles. The summed E-state index contributed by atoms with van der Waals surface area (Å²) in [4.78, 5) is 12.6. The third kappa shape index (κ3) is 5.06. The first-order valence-corrected chi connectivity index (χ1v) is 6.67. The van der Waals surface area contributed by atoms with E-state index in [1.165, 1.54) is 5.56 Å². The lowest BCUT2D eigenvalue weighted by molar-refractivity contribution is 0.837. The van der Waals surface area contributed by atoms with Gasteiger partial charge in [-0.05, 0) is 30.2 Å². The molecule has 0 aromatic carbocycles. The fourth-order valence-corrected chi connectivity index (χ4v) is 1.77. The Labute approximate surface area is 119 Å². The number of nitrogens with zero attached hydrogens (tertiary/aromatic N) is 3. The summed E-state index contributed by atoms with van der Waals surface area (Å²) in [5.74, 6) is 0.477. The summed E-state index contributed by atoms with van der Waals surface area (Å²) >= 11 is 0. The van der Waals surface area contributed by atoms with Crippen molar-refractivity contribution < 1.29 is 0 Å². The van der Waals surface area contributed by atoms with E-state index in [4.69, 9.17) is 5.73 Å². The lowest BCUT2D eigenvalue weighted by Gasteiger charge is -2.05. The second-order valence-corrected chi connectivity index (χ2v) is 4.38. The molecule has 2 heterocycles. The lowest BCUT2D eigenvalue weighted by Crippen LogP contribution is -2.33. The number of guanidine groups is 1. The first kappa shape index (κ1) is 14.0. The van der Waals surface area contributed by atoms with Gasteiger partial charge in [0.05, 0.1) is 0 Å². The van der Waals surface area contributed by atoms with Crippen LogP contribution in [0.1, 0.15) is 11.3 Å². The van der Waals surface area contributed by atoms with Crippen LogP contribution in [0.4, 0.5) is 0 Å². The van der Waals surface area contributed by atoms with Crippen molar-refractivity contribution in [1.82, 2.24) is 15.3 Å². The van der Waals surface area contributed by atoms with Gasteiger partial charge in [0.1, 0.15) is 0 Å². The molecular formula is C15H19N5. The van der Waals surface area contributed by atoms with E-state index < -0.39 is 0 Å². The van der Waals surface area contributed by atoms with E-state index in [0.717, 1.165) is 25.1 Å². The van der Waals surface area contributed by atoms with Crippen molar-refractivity contribution >= 4 is 5.96 Å². The first-order chi connectivity index (χ1) is 9.84. The molecule has 5 heteroatoms. The zero-order valence-corrected chi connectivity index (χ0v) is 11.4. The molecule has 0 aliphatic rings. The molecule has 2 aromatic rings. The summed E-state index contributed by atoms with van der Waals surface area (Å²) in [7, 11) is 0. The van der Waals surface area contributed by atoms with Gasteiger partial charge in [-0.2, -0.15) is 0 Å². The minimum absolute atomic E-state index is 0.477. The van der Waals surface area contributed by atoms with E-state index in [0.29, 0.717) is 12.5 Å². The van der Waals surface area contributed by atoms with Crippen LogP contribution in [-0.4, -0.2) is 29.0 Å². The van der Waals surface area contributed by atoms with E-state index in [-0.39, 0.29) is 0 Å². The highest BCUT2D eigenvalue weighted by molar-refractivity contribution is 5.77. The van der Waals surface area contributed by atoms with E-state index in [2.05, 4.69) is 20.3 Å². The molecule has 0 unspecified atom stereocenters. The van der Waals surface area contributed by atoms with Crippen LogP contribution in [-0.2, 0) is 12.8 Å².